The summed E-state index contributed by atoms with van der Waals surface area (Å²) in [5, 5.41) is 12.0. The molecule has 84 valence electrons. The van der Waals surface area contributed by atoms with E-state index < -0.39 is 12.0 Å². The monoisotopic (exact) mass is 230 g/mol. The van der Waals surface area contributed by atoms with Crippen LogP contribution in [0.4, 0.5) is 0 Å². The number of aliphatic carboxylic acids is 1. The second-order valence-corrected chi connectivity index (χ2v) is 4.95. The molecule has 0 saturated carbocycles. The van der Waals surface area contributed by atoms with E-state index >= 15 is 0 Å². The molecule has 2 aliphatic rings. The first-order chi connectivity index (χ1) is 7.18. The first-order valence-corrected chi connectivity index (χ1v) is 6.14. The summed E-state index contributed by atoms with van der Waals surface area (Å²) in [6.07, 6.45) is 0.483. The van der Waals surface area contributed by atoms with Gasteiger partial charge in [-0.05, 0) is 19.0 Å². The number of hydrogen-bond acceptors (Lipinski definition) is 4. The average Bonchev–Trinajstić information content (AvgIpc) is 2.59. The van der Waals surface area contributed by atoms with Gasteiger partial charge < -0.3 is 15.3 Å². The molecule has 1 atom stereocenters. The minimum Gasteiger partial charge on any atom is -0.480 e. The summed E-state index contributed by atoms with van der Waals surface area (Å²) >= 11 is 1.51. The molecule has 2 rings (SSSR count). The molecule has 2 aliphatic heterocycles. The highest BCUT2D eigenvalue weighted by atomic mass is 32.2. The number of carboxylic acid groups (broad SMARTS) is 1. The Labute approximate surface area is 92.2 Å². The second-order valence-electron chi connectivity index (χ2n) is 3.95. The van der Waals surface area contributed by atoms with E-state index in [0.717, 1.165) is 13.1 Å². The van der Waals surface area contributed by atoms with E-state index in [0.29, 0.717) is 24.0 Å². The van der Waals surface area contributed by atoms with Crippen molar-refractivity contribution in [3.63, 3.8) is 0 Å². The van der Waals surface area contributed by atoms with Crippen molar-refractivity contribution < 1.29 is 14.7 Å². The Morgan fingerprint density at radius 1 is 1.47 bits per heavy atom. The van der Waals surface area contributed by atoms with Gasteiger partial charge in [-0.1, -0.05) is 0 Å². The summed E-state index contributed by atoms with van der Waals surface area (Å²) in [6.45, 7) is 1.76. The van der Waals surface area contributed by atoms with Crippen molar-refractivity contribution in [2.24, 2.45) is 5.92 Å². The lowest BCUT2D eigenvalue weighted by atomic mass is 9.98. The number of amides is 1. The standard InChI is InChI=1S/C9H14N2O3S/c12-8(1-6-2-10-3-6)11-5-15-4-7(11)9(13)14/h6-7,10H,1-5H2,(H,13,14)/t7-/m0/s1. The quantitative estimate of drug-likeness (QED) is 0.689. The Morgan fingerprint density at radius 2 is 2.20 bits per heavy atom. The SMILES string of the molecule is O=C(O)[C@@H]1CSCN1C(=O)CC1CNC1. The zero-order valence-electron chi connectivity index (χ0n) is 8.31. The molecule has 0 aromatic heterocycles. The number of carbonyl (C=O) groups is 2. The molecular formula is C9H14N2O3S. The molecule has 6 heteroatoms. The molecule has 5 nitrogen and oxygen atoms in total. The van der Waals surface area contributed by atoms with Crippen LogP contribution >= 0.6 is 11.8 Å². The normalized spacial score (nSPS) is 26.4. The summed E-state index contributed by atoms with van der Waals surface area (Å²) in [7, 11) is 0. The summed E-state index contributed by atoms with van der Waals surface area (Å²) in [6, 6.07) is -0.615. The maximum absolute atomic E-state index is 11.8. The van der Waals surface area contributed by atoms with Gasteiger partial charge in [0.25, 0.3) is 0 Å². The third-order valence-corrected chi connectivity index (χ3v) is 3.83. The molecule has 0 aromatic rings. The number of nitrogens with one attached hydrogen (secondary N) is 1. The summed E-state index contributed by atoms with van der Waals surface area (Å²) in [5.74, 6) is 0.538. The molecule has 2 heterocycles. The number of rotatable bonds is 3. The molecule has 2 saturated heterocycles. The van der Waals surface area contributed by atoms with Crippen molar-refractivity contribution in [1.29, 1.82) is 0 Å². The Balaban J connectivity index is 1.90. The number of hydrogen-bond donors (Lipinski definition) is 2. The summed E-state index contributed by atoms with van der Waals surface area (Å²) in [5.41, 5.74) is 0. The summed E-state index contributed by atoms with van der Waals surface area (Å²) in [4.78, 5) is 24.1. The maximum Gasteiger partial charge on any atom is 0.327 e. The fraction of sp³-hybridized carbons (Fsp3) is 0.778. The largest absolute Gasteiger partial charge is 0.480 e. The lowest BCUT2D eigenvalue weighted by molar-refractivity contribution is -0.148. The van der Waals surface area contributed by atoms with Gasteiger partial charge in [0, 0.05) is 12.2 Å². The van der Waals surface area contributed by atoms with E-state index in [2.05, 4.69) is 5.32 Å². The third-order valence-electron chi connectivity index (χ3n) is 2.82. The number of thioether (sulfide) groups is 1. The zero-order valence-corrected chi connectivity index (χ0v) is 9.13. The van der Waals surface area contributed by atoms with Gasteiger partial charge in [-0.3, -0.25) is 4.79 Å². The van der Waals surface area contributed by atoms with Crippen LogP contribution in [0.2, 0.25) is 0 Å². The van der Waals surface area contributed by atoms with E-state index in [1.165, 1.54) is 16.7 Å². The minimum absolute atomic E-state index is 0.0149. The van der Waals surface area contributed by atoms with Gasteiger partial charge in [0.2, 0.25) is 5.91 Å². The van der Waals surface area contributed by atoms with Crippen LogP contribution in [0, 0.1) is 5.92 Å². The predicted molar refractivity (Wildman–Crippen MR) is 56.6 cm³/mol. The van der Waals surface area contributed by atoms with Crippen LogP contribution in [0.1, 0.15) is 6.42 Å². The van der Waals surface area contributed by atoms with Crippen molar-refractivity contribution in [1.82, 2.24) is 10.2 Å². The molecule has 15 heavy (non-hydrogen) atoms. The molecule has 2 N–H and O–H groups in total. The van der Waals surface area contributed by atoms with Gasteiger partial charge in [-0.2, -0.15) is 0 Å². The predicted octanol–water partition coefficient (Wildman–Crippen LogP) is -0.418. The van der Waals surface area contributed by atoms with E-state index in [9.17, 15) is 9.59 Å². The van der Waals surface area contributed by atoms with Crippen molar-refractivity contribution >= 4 is 23.6 Å². The lowest BCUT2D eigenvalue weighted by Gasteiger charge is -2.29. The lowest BCUT2D eigenvalue weighted by Crippen LogP contribution is -2.47. The third kappa shape index (κ3) is 2.26. The number of nitrogens with zero attached hydrogens (tertiary/aromatic N) is 1. The van der Waals surface area contributed by atoms with Crippen LogP contribution in [0.5, 0.6) is 0 Å². The van der Waals surface area contributed by atoms with Crippen molar-refractivity contribution in [3.8, 4) is 0 Å². The minimum atomic E-state index is -0.889. The molecule has 0 spiro atoms. The smallest absolute Gasteiger partial charge is 0.327 e. The topological polar surface area (TPSA) is 69.6 Å². The van der Waals surface area contributed by atoms with Crippen molar-refractivity contribution in [2.45, 2.75) is 12.5 Å². The molecule has 1 amide bonds. The van der Waals surface area contributed by atoms with Gasteiger partial charge in [-0.15, -0.1) is 11.8 Å². The van der Waals surface area contributed by atoms with Crippen LogP contribution in [0.25, 0.3) is 0 Å². The average molecular weight is 230 g/mol. The Hall–Kier alpha value is -0.750. The highest BCUT2D eigenvalue weighted by Crippen LogP contribution is 2.23. The maximum atomic E-state index is 11.8. The molecule has 0 aliphatic carbocycles. The van der Waals surface area contributed by atoms with Gasteiger partial charge in [0.05, 0.1) is 5.88 Å². The Bertz CT molecular complexity index is 281. The fourth-order valence-corrected chi connectivity index (χ4v) is 2.92. The van der Waals surface area contributed by atoms with Crippen LogP contribution < -0.4 is 5.32 Å². The second kappa shape index (κ2) is 4.40. The van der Waals surface area contributed by atoms with E-state index in [1.807, 2.05) is 0 Å². The number of carbonyl (C=O) groups excluding carboxylic acids is 1. The molecule has 0 aromatic carbocycles. The van der Waals surface area contributed by atoms with Crippen molar-refractivity contribution in [3.05, 3.63) is 0 Å². The first-order valence-electron chi connectivity index (χ1n) is 4.99. The fourth-order valence-electron chi connectivity index (χ4n) is 1.75. The highest BCUT2D eigenvalue weighted by Gasteiger charge is 2.35. The van der Waals surface area contributed by atoms with Gasteiger partial charge in [0.15, 0.2) is 0 Å². The van der Waals surface area contributed by atoms with Crippen LogP contribution in [-0.2, 0) is 9.59 Å². The molecule has 0 radical (unpaired) electrons. The van der Waals surface area contributed by atoms with E-state index in [4.69, 9.17) is 5.11 Å². The molecular weight excluding hydrogens is 216 g/mol. The van der Waals surface area contributed by atoms with Crippen LogP contribution in [0.15, 0.2) is 0 Å². The Morgan fingerprint density at radius 3 is 2.73 bits per heavy atom. The zero-order chi connectivity index (χ0) is 10.8. The Kier molecular flexibility index (Phi) is 3.16. The molecule has 0 bridgehead atoms. The summed E-state index contributed by atoms with van der Waals surface area (Å²) < 4.78 is 0. The van der Waals surface area contributed by atoms with E-state index in [-0.39, 0.29) is 5.91 Å². The van der Waals surface area contributed by atoms with Crippen molar-refractivity contribution in [2.75, 3.05) is 24.7 Å². The van der Waals surface area contributed by atoms with E-state index in [1.54, 1.807) is 0 Å². The van der Waals surface area contributed by atoms with Gasteiger partial charge in [-0.25, -0.2) is 4.79 Å². The van der Waals surface area contributed by atoms with Crippen LogP contribution in [0.3, 0.4) is 0 Å². The number of carboxylic acids is 1. The van der Waals surface area contributed by atoms with Crippen LogP contribution in [-0.4, -0.2) is 52.6 Å². The molecule has 0 unspecified atom stereocenters. The van der Waals surface area contributed by atoms with Gasteiger partial charge >= 0.3 is 5.97 Å². The molecule has 2 fully saturated rings. The highest BCUT2D eigenvalue weighted by molar-refractivity contribution is 7.99. The first kappa shape index (κ1) is 10.8. The van der Waals surface area contributed by atoms with Gasteiger partial charge in [0.1, 0.15) is 6.04 Å².